The van der Waals surface area contributed by atoms with Crippen molar-refractivity contribution in [3.05, 3.63) is 48.5 Å². The molecule has 0 N–H and O–H groups in total. The molecule has 4 aromatic rings. The van der Waals surface area contributed by atoms with Crippen LogP contribution in [0.4, 0.5) is 0 Å². The van der Waals surface area contributed by atoms with Gasteiger partial charge in [0.15, 0.2) is 12.5 Å². The summed E-state index contributed by atoms with van der Waals surface area (Å²) in [5.41, 5.74) is 3.65. The molecule has 0 amide bonds. The molecule has 2 heterocycles. The number of nitrogens with zero attached hydrogens (tertiary/aromatic N) is 6. The summed E-state index contributed by atoms with van der Waals surface area (Å²) in [6.45, 7) is 5.85. The zero-order chi connectivity index (χ0) is 27.1. The summed E-state index contributed by atoms with van der Waals surface area (Å²) in [6, 6.07) is 16.1. The highest BCUT2D eigenvalue weighted by atomic mass is 16.5. The number of benzene rings is 2. The van der Waals surface area contributed by atoms with Gasteiger partial charge in [0.1, 0.15) is 11.0 Å². The Bertz CT molecular complexity index is 1130. The van der Waals surface area contributed by atoms with Gasteiger partial charge in [0.2, 0.25) is 0 Å². The van der Waals surface area contributed by atoms with Crippen molar-refractivity contribution in [2.45, 2.75) is 110 Å². The van der Waals surface area contributed by atoms with Crippen LogP contribution in [0, 0.1) is 0 Å². The Hall–Kier alpha value is -2.84. The van der Waals surface area contributed by atoms with E-state index in [1.807, 2.05) is 57.9 Å². The van der Waals surface area contributed by atoms with Crippen molar-refractivity contribution in [2.75, 3.05) is 13.2 Å². The highest BCUT2D eigenvalue weighted by Gasteiger charge is 2.25. The lowest BCUT2D eigenvalue weighted by Crippen LogP contribution is -2.24. The van der Waals surface area contributed by atoms with Crippen LogP contribution in [0.15, 0.2) is 48.5 Å². The lowest BCUT2D eigenvalue weighted by Gasteiger charge is -2.25. The molecule has 4 rings (SSSR count). The van der Waals surface area contributed by atoms with Gasteiger partial charge < -0.3 is 9.47 Å². The fourth-order valence-electron chi connectivity index (χ4n) is 5.05. The molecule has 0 bridgehead atoms. The van der Waals surface area contributed by atoms with Gasteiger partial charge in [-0.25, -0.2) is 9.36 Å². The molecule has 0 spiro atoms. The summed E-state index contributed by atoms with van der Waals surface area (Å²) in [7, 11) is 0. The molecule has 2 aromatic heterocycles. The molecule has 8 nitrogen and oxygen atoms in total. The fraction of sp³-hybridized carbons (Fsp3) is 0.613. The molecule has 39 heavy (non-hydrogen) atoms. The Kier molecular flexibility index (Phi) is 12.2. The second kappa shape index (κ2) is 16.3. The molecule has 2 aromatic carbocycles. The Morgan fingerprint density at radius 3 is 1.44 bits per heavy atom. The Labute approximate surface area is 233 Å². The number of hydrogen-bond donors (Lipinski definition) is 0. The number of ether oxygens (including phenoxy) is 2. The average Bonchev–Trinajstić information content (AvgIpc) is 3.59. The van der Waals surface area contributed by atoms with E-state index in [1.54, 1.807) is 0 Å². The Balaban J connectivity index is 1.49. The van der Waals surface area contributed by atoms with Crippen LogP contribution in [0.2, 0.25) is 0 Å². The monoisotopic (exact) mass is 534 g/mol. The molecule has 0 aliphatic rings. The first-order valence-electron chi connectivity index (χ1n) is 15.1. The summed E-state index contributed by atoms with van der Waals surface area (Å²) in [5.74, 6) is 0. The summed E-state index contributed by atoms with van der Waals surface area (Å²) in [4.78, 5) is 0. The Morgan fingerprint density at radius 1 is 0.564 bits per heavy atom. The van der Waals surface area contributed by atoms with E-state index in [9.17, 15) is 0 Å². The predicted molar refractivity (Wildman–Crippen MR) is 156 cm³/mol. The van der Waals surface area contributed by atoms with E-state index < -0.39 is 0 Å². The van der Waals surface area contributed by atoms with Crippen LogP contribution in [-0.4, -0.2) is 43.2 Å². The number of hydrogen-bond acceptors (Lipinski definition) is 6. The minimum atomic E-state index is -0.328. The highest BCUT2D eigenvalue weighted by molar-refractivity contribution is 5.74. The SMILES string of the molecule is CCCCCCCCOC(CC(OCCCCCCCC)n1nnc2ccccc21)n1nnc2ccccc21. The Morgan fingerprint density at radius 2 is 0.974 bits per heavy atom. The normalized spacial score (nSPS) is 13.4. The second-order valence-corrected chi connectivity index (χ2v) is 10.5. The third-order valence-electron chi connectivity index (χ3n) is 7.32. The van der Waals surface area contributed by atoms with Gasteiger partial charge in [0.25, 0.3) is 0 Å². The minimum absolute atomic E-state index is 0.328. The van der Waals surface area contributed by atoms with E-state index in [2.05, 4.69) is 34.5 Å². The highest BCUT2D eigenvalue weighted by Crippen LogP contribution is 2.29. The summed E-state index contributed by atoms with van der Waals surface area (Å²) in [6.07, 6.45) is 14.5. The maximum Gasteiger partial charge on any atom is 0.156 e. The van der Waals surface area contributed by atoms with Gasteiger partial charge in [-0.1, -0.05) is 113 Å². The molecule has 0 saturated carbocycles. The van der Waals surface area contributed by atoms with Crippen LogP contribution in [0.3, 0.4) is 0 Å². The van der Waals surface area contributed by atoms with E-state index in [1.165, 1.54) is 64.2 Å². The molecule has 212 valence electrons. The maximum atomic E-state index is 6.53. The largest absolute Gasteiger partial charge is 0.356 e. The number of para-hydroxylation sites is 2. The standard InChI is InChI=1S/C31H46N6O2/c1-3-5-7-9-11-17-23-38-30(36-28-21-15-13-19-26(28)32-34-36)25-31(39-24-18-12-10-8-6-4-2)37-29-22-16-14-20-27(29)33-35-37/h13-16,19-22,30-31H,3-12,17-18,23-25H2,1-2H3. The van der Waals surface area contributed by atoms with Crippen molar-refractivity contribution in [3.8, 4) is 0 Å². The van der Waals surface area contributed by atoms with Gasteiger partial charge in [0.05, 0.1) is 11.0 Å². The average molecular weight is 535 g/mol. The summed E-state index contributed by atoms with van der Waals surface area (Å²) < 4.78 is 16.9. The molecular formula is C31H46N6O2. The predicted octanol–water partition coefficient (Wildman–Crippen LogP) is 8.02. The summed E-state index contributed by atoms with van der Waals surface area (Å²) >= 11 is 0. The van der Waals surface area contributed by atoms with Crippen molar-refractivity contribution >= 4 is 22.1 Å². The van der Waals surface area contributed by atoms with Crippen molar-refractivity contribution < 1.29 is 9.47 Å². The van der Waals surface area contributed by atoms with Crippen LogP contribution in [0.1, 0.15) is 110 Å². The molecule has 8 heteroatoms. The summed E-state index contributed by atoms with van der Waals surface area (Å²) in [5, 5.41) is 17.8. The quantitative estimate of drug-likeness (QED) is 0.107. The van der Waals surface area contributed by atoms with Gasteiger partial charge in [-0.05, 0) is 37.1 Å². The van der Waals surface area contributed by atoms with E-state index in [0.717, 1.165) is 34.9 Å². The zero-order valence-corrected chi connectivity index (χ0v) is 23.9. The second-order valence-electron chi connectivity index (χ2n) is 10.5. The lowest BCUT2D eigenvalue weighted by molar-refractivity contribution is -0.0841. The first-order chi connectivity index (χ1) is 19.3. The van der Waals surface area contributed by atoms with E-state index in [4.69, 9.17) is 9.47 Å². The molecule has 2 atom stereocenters. The molecule has 2 unspecified atom stereocenters. The van der Waals surface area contributed by atoms with Crippen LogP contribution in [0.5, 0.6) is 0 Å². The maximum absolute atomic E-state index is 6.53. The van der Waals surface area contributed by atoms with Gasteiger partial charge in [-0.15, -0.1) is 10.2 Å². The topological polar surface area (TPSA) is 79.9 Å². The fourth-order valence-corrected chi connectivity index (χ4v) is 5.05. The van der Waals surface area contributed by atoms with Crippen LogP contribution >= 0.6 is 0 Å². The van der Waals surface area contributed by atoms with E-state index in [0.29, 0.717) is 19.6 Å². The van der Waals surface area contributed by atoms with Crippen LogP contribution in [0.25, 0.3) is 22.1 Å². The lowest BCUT2D eigenvalue weighted by atomic mass is 10.1. The third-order valence-corrected chi connectivity index (χ3v) is 7.32. The van der Waals surface area contributed by atoms with Gasteiger partial charge >= 0.3 is 0 Å². The smallest absolute Gasteiger partial charge is 0.156 e. The zero-order valence-electron chi connectivity index (χ0n) is 23.9. The molecule has 0 radical (unpaired) electrons. The number of fused-ring (bicyclic) bond motifs is 2. The molecular weight excluding hydrogens is 488 g/mol. The van der Waals surface area contributed by atoms with Gasteiger partial charge in [-0.2, -0.15) is 0 Å². The van der Waals surface area contributed by atoms with E-state index in [-0.39, 0.29) is 12.5 Å². The molecule has 0 aliphatic carbocycles. The van der Waals surface area contributed by atoms with Crippen molar-refractivity contribution in [2.24, 2.45) is 0 Å². The van der Waals surface area contributed by atoms with Gasteiger partial charge in [-0.3, -0.25) is 0 Å². The number of aromatic nitrogens is 6. The van der Waals surface area contributed by atoms with Crippen molar-refractivity contribution in [1.82, 2.24) is 30.0 Å². The minimum Gasteiger partial charge on any atom is -0.356 e. The van der Waals surface area contributed by atoms with Crippen molar-refractivity contribution in [3.63, 3.8) is 0 Å². The van der Waals surface area contributed by atoms with Crippen LogP contribution < -0.4 is 0 Å². The molecule has 0 fully saturated rings. The molecule has 0 saturated heterocycles. The first kappa shape index (κ1) is 29.2. The van der Waals surface area contributed by atoms with Crippen LogP contribution in [-0.2, 0) is 9.47 Å². The number of unbranched alkanes of at least 4 members (excludes halogenated alkanes) is 10. The number of rotatable bonds is 20. The first-order valence-corrected chi connectivity index (χ1v) is 15.1. The third kappa shape index (κ3) is 8.57. The molecule has 0 aliphatic heterocycles. The van der Waals surface area contributed by atoms with Crippen molar-refractivity contribution in [1.29, 1.82) is 0 Å². The van der Waals surface area contributed by atoms with Gasteiger partial charge in [0, 0.05) is 19.6 Å². The van der Waals surface area contributed by atoms with E-state index >= 15 is 0 Å².